The molecule has 0 atom stereocenters. The van der Waals surface area contributed by atoms with Crippen LogP contribution in [0.1, 0.15) is 20.7 Å². The second-order valence-electron chi connectivity index (χ2n) is 7.00. The van der Waals surface area contributed by atoms with Gasteiger partial charge in [-0.1, -0.05) is 0 Å². The number of hydrogen-bond donors (Lipinski definition) is 2. The summed E-state index contributed by atoms with van der Waals surface area (Å²) >= 11 is 0. The maximum absolute atomic E-state index is 11.4. The van der Waals surface area contributed by atoms with E-state index in [2.05, 4.69) is 0 Å². The molecular weight excluding hydrogens is 520 g/mol. The Hall–Kier alpha value is -6.20. The van der Waals surface area contributed by atoms with Crippen LogP contribution in [0.15, 0.2) is 48.5 Å². The van der Waals surface area contributed by atoms with Gasteiger partial charge in [-0.3, -0.25) is 40.5 Å². The number of carbonyl (C=O) groups is 2. The molecule has 0 unspecified atom stereocenters. The predicted octanol–water partition coefficient (Wildman–Crippen LogP) is 4.30. The molecule has 0 aliphatic heterocycles. The highest BCUT2D eigenvalue weighted by molar-refractivity contribution is 5.91. The molecule has 0 fully saturated rings. The molecule has 0 radical (unpaired) electrons. The number of hydrogen-bond acceptors (Lipinski definition) is 12. The smallest absolute Gasteiger partial charge is 0.336 e. The number of carboxylic acid groups (broad SMARTS) is 2. The summed E-state index contributed by atoms with van der Waals surface area (Å²) in [5.74, 6) is -5.65. The van der Waals surface area contributed by atoms with Crippen molar-refractivity contribution in [3.8, 4) is 23.0 Å². The van der Waals surface area contributed by atoms with Gasteiger partial charge in [-0.25, -0.2) is 9.59 Å². The topological polar surface area (TPSA) is 266 Å². The summed E-state index contributed by atoms with van der Waals surface area (Å²) in [4.78, 5) is 63.6. The Morgan fingerprint density at radius 2 is 0.789 bits per heavy atom. The minimum Gasteiger partial charge on any atom is -0.478 e. The fourth-order valence-corrected chi connectivity index (χ4v) is 3.01. The molecule has 0 spiro atoms. The Balaban J connectivity index is 2.02. The van der Waals surface area contributed by atoms with Gasteiger partial charge in [0.1, 0.15) is 11.5 Å². The van der Waals surface area contributed by atoms with Crippen molar-refractivity contribution >= 4 is 34.7 Å². The van der Waals surface area contributed by atoms with Crippen LogP contribution in [0.2, 0.25) is 0 Å². The summed E-state index contributed by atoms with van der Waals surface area (Å²) in [5.41, 5.74) is -5.58. The summed E-state index contributed by atoms with van der Waals surface area (Å²) < 4.78 is 10.5. The average Bonchev–Trinajstić information content (AvgIpc) is 2.84. The van der Waals surface area contributed by atoms with Crippen molar-refractivity contribution in [1.29, 1.82) is 0 Å². The summed E-state index contributed by atoms with van der Waals surface area (Å²) in [6.45, 7) is 0. The van der Waals surface area contributed by atoms with Gasteiger partial charge in [0.2, 0.25) is 0 Å². The first kappa shape index (κ1) is 26.4. The molecule has 2 N–H and O–H groups in total. The fourth-order valence-electron chi connectivity index (χ4n) is 3.01. The van der Waals surface area contributed by atoms with Gasteiger partial charge in [0.25, 0.3) is 11.5 Å². The normalized spacial score (nSPS) is 10.3. The largest absolute Gasteiger partial charge is 0.478 e. The first-order valence-corrected chi connectivity index (χ1v) is 9.66. The van der Waals surface area contributed by atoms with E-state index in [0.717, 1.165) is 24.3 Å². The quantitative estimate of drug-likeness (QED) is 0.273. The van der Waals surface area contributed by atoms with Crippen molar-refractivity contribution in [2.75, 3.05) is 0 Å². The maximum Gasteiger partial charge on any atom is 0.336 e. The van der Waals surface area contributed by atoms with Gasteiger partial charge in [-0.05, 0) is 24.3 Å². The summed E-state index contributed by atoms with van der Waals surface area (Å²) in [5, 5.41) is 63.7. The van der Waals surface area contributed by atoms with Crippen LogP contribution in [-0.4, -0.2) is 41.8 Å². The third kappa shape index (κ3) is 5.38. The second kappa shape index (κ2) is 10.2. The predicted molar refractivity (Wildman–Crippen MR) is 120 cm³/mol. The van der Waals surface area contributed by atoms with Crippen LogP contribution in [0.4, 0.5) is 22.7 Å². The zero-order chi connectivity index (χ0) is 28.3. The van der Waals surface area contributed by atoms with E-state index in [9.17, 15) is 50.0 Å². The van der Waals surface area contributed by atoms with Crippen LogP contribution in [0, 0.1) is 40.5 Å². The van der Waals surface area contributed by atoms with Gasteiger partial charge >= 0.3 is 34.7 Å². The summed E-state index contributed by atoms with van der Waals surface area (Å²) in [7, 11) is 0. The lowest BCUT2D eigenvalue weighted by atomic mass is 10.1. The third-order valence-corrected chi connectivity index (χ3v) is 4.64. The van der Waals surface area contributed by atoms with E-state index in [1.807, 2.05) is 0 Å². The summed E-state index contributed by atoms with van der Waals surface area (Å²) in [6, 6.07) is 6.38. The lowest BCUT2D eigenvalue weighted by molar-refractivity contribution is -0.395. The van der Waals surface area contributed by atoms with Crippen molar-refractivity contribution in [2.24, 2.45) is 0 Å². The average molecular weight is 530 g/mol. The van der Waals surface area contributed by atoms with Crippen molar-refractivity contribution in [1.82, 2.24) is 0 Å². The van der Waals surface area contributed by atoms with E-state index in [0.29, 0.717) is 24.3 Å². The molecule has 0 saturated carbocycles. The van der Waals surface area contributed by atoms with Gasteiger partial charge in [-0.15, -0.1) is 0 Å². The molecule has 18 heteroatoms. The Bertz CT molecular complexity index is 1350. The molecule has 0 saturated heterocycles. The van der Waals surface area contributed by atoms with Crippen molar-refractivity contribution in [3.63, 3.8) is 0 Å². The van der Waals surface area contributed by atoms with Crippen molar-refractivity contribution in [2.45, 2.75) is 0 Å². The van der Waals surface area contributed by atoms with Crippen LogP contribution in [0.3, 0.4) is 0 Å². The van der Waals surface area contributed by atoms with Crippen LogP contribution >= 0.6 is 0 Å². The van der Waals surface area contributed by atoms with E-state index < -0.39 is 77.0 Å². The highest BCUT2D eigenvalue weighted by atomic mass is 16.6. The number of rotatable bonds is 10. The van der Waals surface area contributed by atoms with Crippen LogP contribution in [-0.2, 0) is 0 Å². The molecule has 0 aliphatic carbocycles. The standard InChI is InChI=1S/C20H10N4O14/c25-19(26)9-5-13(21(29)30)17(14(6-9)22(31)32)37-11-1-2-12(4-3-11)38-18-15(23(33)34)7-10(20(27)28)8-16(18)24(35)36/h1-8H,(H,25,26)(H,27,28). The molecule has 0 bridgehead atoms. The number of ether oxygens (including phenoxy) is 2. The van der Waals surface area contributed by atoms with Gasteiger partial charge in [0.15, 0.2) is 0 Å². The highest BCUT2D eigenvalue weighted by Gasteiger charge is 2.32. The van der Waals surface area contributed by atoms with E-state index in [-0.39, 0.29) is 11.5 Å². The SMILES string of the molecule is O=C(O)c1cc([N+](=O)[O-])c(Oc2ccc(Oc3c([N+](=O)[O-])cc(C(=O)O)cc3[N+](=O)[O-])cc2)c([N+](=O)[O-])c1. The van der Waals surface area contributed by atoms with Gasteiger partial charge in [0.05, 0.1) is 30.8 Å². The molecule has 0 amide bonds. The molecule has 0 aromatic heterocycles. The van der Waals surface area contributed by atoms with Crippen LogP contribution < -0.4 is 9.47 Å². The van der Waals surface area contributed by atoms with E-state index in [4.69, 9.17) is 19.7 Å². The summed E-state index contributed by atoms with van der Waals surface area (Å²) in [6.07, 6.45) is 0. The van der Waals surface area contributed by atoms with Gasteiger partial charge < -0.3 is 19.7 Å². The monoisotopic (exact) mass is 530 g/mol. The maximum atomic E-state index is 11.4. The van der Waals surface area contributed by atoms with Crippen molar-refractivity contribution in [3.05, 3.63) is 100 Å². The number of nitro groups is 4. The van der Waals surface area contributed by atoms with E-state index in [1.165, 1.54) is 0 Å². The van der Waals surface area contributed by atoms with E-state index >= 15 is 0 Å². The second-order valence-corrected chi connectivity index (χ2v) is 7.00. The lowest BCUT2D eigenvalue weighted by Crippen LogP contribution is -2.04. The number of nitro benzene ring substituents is 4. The van der Waals surface area contributed by atoms with E-state index in [1.54, 1.807) is 0 Å². The zero-order valence-electron chi connectivity index (χ0n) is 18.2. The molecule has 3 aromatic carbocycles. The molecule has 3 rings (SSSR count). The van der Waals surface area contributed by atoms with Crippen molar-refractivity contribution < 1.29 is 49.0 Å². The molecular formula is C20H10N4O14. The molecule has 0 heterocycles. The molecule has 194 valence electrons. The Kier molecular flexibility index (Phi) is 7.08. The molecule has 18 nitrogen and oxygen atoms in total. The lowest BCUT2D eigenvalue weighted by Gasteiger charge is -2.10. The number of aromatic carboxylic acids is 2. The third-order valence-electron chi connectivity index (χ3n) is 4.64. The van der Waals surface area contributed by atoms with Crippen LogP contribution in [0.5, 0.6) is 23.0 Å². The number of benzene rings is 3. The highest BCUT2D eigenvalue weighted by Crippen LogP contribution is 2.43. The first-order valence-electron chi connectivity index (χ1n) is 9.66. The zero-order valence-corrected chi connectivity index (χ0v) is 18.2. The minimum absolute atomic E-state index is 0.267. The molecule has 3 aromatic rings. The Labute approximate surface area is 207 Å². The molecule has 0 aliphatic rings. The Morgan fingerprint density at radius 1 is 0.553 bits per heavy atom. The number of nitrogens with zero attached hydrogens (tertiary/aromatic N) is 4. The minimum atomic E-state index is -1.66. The Morgan fingerprint density at radius 3 is 0.974 bits per heavy atom. The van der Waals surface area contributed by atoms with Crippen LogP contribution in [0.25, 0.3) is 0 Å². The van der Waals surface area contributed by atoms with Gasteiger partial charge in [-0.2, -0.15) is 0 Å². The number of carboxylic acids is 2. The van der Waals surface area contributed by atoms with Gasteiger partial charge in [0, 0.05) is 24.3 Å². The fraction of sp³-hybridized carbons (Fsp3) is 0. The first-order chi connectivity index (χ1) is 17.8. The molecule has 38 heavy (non-hydrogen) atoms.